The van der Waals surface area contributed by atoms with Crippen LogP contribution in [0, 0.1) is 11.7 Å². The molecule has 1 aliphatic rings. The fraction of sp³-hybridized carbons (Fsp3) is 0.588. The Balaban J connectivity index is 1.90. The number of rotatable bonds is 5. The summed E-state index contributed by atoms with van der Waals surface area (Å²) in [4.78, 5) is 16.3. The third-order valence-electron chi connectivity index (χ3n) is 4.67. The van der Waals surface area contributed by atoms with Gasteiger partial charge in [0.05, 0.1) is 6.04 Å². The largest absolute Gasteiger partial charge is 0.339 e. The fourth-order valence-electron chi connectivity index (χ4n) is 2.74. The van der Waals surface area contributed by atoms with Crippen molar-refractivity contribution >= 4 is 17.5 Å². The van der Waals surface area contributed by atoms with E-state index in [1.54, 1.807) is 12.1 Å². The molecule has 0 aliphatic carbocycles. The molecule has 1 aromatic rings. The van der Waals surface area contributed by atoms with Crippen molar-refractivity contribution in [1.29, 1.82) is 0 Å². The molecule has 128 valence electrons. The summed E-state index contributed by atoms with van der Waals surface area (Å²) in [5, 5.41) is 0.447. The molecule has 6 heteroatoms. The lowest BCUT2D eigenvalue weighted by molar-refractivity contribution is -0.135. The molecule has 0 radical (unpaired) electrons. The zero-order valence-electron chi connectivity index (χ0n) is 13.8. The Labute approximate surface area is 142 Å². The standard InChI is InChI=1S/C17H25ClFN3O/c1-3-12(2)16(20)17(23)22-9-7-21(8-10-22)11-13-14(18)5-4-6-15(13)19/h4-6,12,16H,3,7-11,20H2,1-2H3. The molecular weight excluding hydrogens is 317 g/mol. The van der Waals surface area contributed by atoms with Crippen molar-refractivity contribution in [1.82, 2.24) is 9.80 Å². The van der Waals surface area contributed by atoms with Crippen molar-refractivity contribution in [2.45, 2.75) is 32.9 Å². The SMILES string of the molecule is CCC(C)C(N)C(=O)N1CCN(Cc2c(F)cccc2Cl)CC1. The number of piperazine rings is 1. The second kappa shape index (κ2) is 8.08. The number of benzene rings is 1. The predicted molar refractivity (Wildman–Crippen MR) is 90.7 cm³/mol. The number of nitrogens with two attached hydrogens (primary N) is 1. The third kappa shape index (κ3) is 4.43. The van der Waals surface area contributed by atoms with Gasteiger partial charge in [0, 0.05) is 43.3 Å². The molecule has 2 rings (SSSR count). The number of halogens is 2. The average molecular weight is 342 g/mol. The van der Waals surface area contributed by atoms with E-state index in [1.165, 1.54) is 6.07 Å². The van der Waals surface area contributed by atoms with Gasteiger partial charge in [-0.15, -0.1) is 0 Å². The zero-order valence-corrected chi connectivity index (χ0v) is 14.5. The molecule has 0 spiro atoms. The van der Waals surface area contributed by atoms with Crippen molar-refractivity contribution in [3.05, 3.63) is 34.6 Å². The van der Waals surface area contributed by atoms with Crippen LogP contribution in [-0.4, -0.2) is 47.9 Å². The summed E-state index contributed by atoms with van der Waals surface area (Å²) < 4.78 is 13.9. The number of hydrogen-bond acceptors (Lipinski definition) is 3. The molecule has 23 heavy (non-hydrogen) atoms. The molecule has 4 nitrogen and oxygen atoms in total. The van der Waals surface area contributed by atoms with Gasteiger partial charge >= 0.3 is 0 Å². The first-order valence-corrected chi connectivity index (χ1v) is 8.51. The molecule has 2 N–H and O–H groups in total. The molecule has 0 saturated carbocycles. The molecule has 1 heterocycles. The fourth-order valence-corrected chi connectivity index (χ4v) is 2.96. The van der Waals surface area contributed by atoms with E-state index in [2.05, 4.69) is 4.90 Å². The van der Waals surface area contributed by atoms with Crippen LogP contribution in [0.25, 0.3) is 0 Å². The maximum atomic E-state index is 13.9. The maximum absolute atomic E-state index is 13.9. The van der Waals surface area contributed by atoms with Crippen molar-refractivity contribution in [3.8, 4) is 0 Å². The summed E-state index contributed by atoms with van der Waals surface area (Å²) in [6, 6.07) is 4.29. The van der Waals surface area contributed by atoms with Gasteiger partial charge in [-0.05, 0) is 18.1 Å². The Bertz CT molecular complexity index is 526. The van der Waals surface area contributed by atoms with Gasteiger partial charge in [0.15, 0.2) is 0 Å². The van der Waals surface area contributed by atoms with Crippen LogP contribution in [-0.2, 0) is 11.3 Å². The first-order valence-electron chi connectivity index (χ1n) is 8.13. The lowest BCUT2D eigenvalue weighted by Gasteiger charge is -2.36. The molecule has 0 bridgehead atoms. The number of amides is 1. The summed E-state index contributed by atoms with van der Waals surface area (Å²) in [5.41, 5.74) is 6.55. The molecule has 1 saturated heterocycles. The molecule has 2 unspecified atom stereocenters. The van der Waals surface area contributed by atoms with Crippen LogP contribution >= 0.6 is 11.6 Å². The van der Waals surface area contributed by atoms with Gasteiger partial charge in [0.1, 0.15) is 5.82 Å². The van der Waals surface area contributed by atoms with E-state index in [0.29, 0.717) is 43.3 Å². The molecule has 2 atom stereocenters. The second-order valence-electron chi connectivity index (χ2n) is 6.21. The van der Waals surface area contributed by atoms with Gasteiger partial charge in [-0.25, -0.2) is 4.39 Å². The third-order valence-corrected chi connectivity index (χ3v) is 5.02. The molecular formula is C17H25ClFN3O. The highest BCUT2D eigenvalue weighted by atomic mass is 35.5. The van der Waals surface area contributed by atoms with E-state index < -0.39 is 6.04 Å². The monoisotopic (exact) mass is 341 g/mol. The van der Waals surface area contributed by atoms with Crippen molar-refractivity contribution in [2.75, 3.05) is 26.2 Å². The Kier molecular flexibility index (Phi) is 6.39. The quantitative estimate of drug-likeness (QED) is 0.895. The molecule has 1 aliphatic heterocycles. The van der Waals surface area contributed by atoms with Gasteiger partial charge in [0.25, 0.3) is 0 Å². The van der Waals surface area contributed by atoms with Crippen LogP contribution in [0.2, 0.25) is 5.02 Å². The first kappa shape index (κ1) is 18.2. The summed E-state index contributed by atoms with van der Waals surface area (Å²) in [5.74, 6) is -0.0875. The first-order chi connectivity index (χ1) is 10.9. The summed E-state index contributed by atoms with van der Waals surface area (Å²) in [6.07, 6.45) is 0.888. The van der Waals surface area contributed by atoms with Crippen LogP contribution in [0.15, 0.2) is 18.2 Å². The molecule has 1 fully saturated rings. The molecule has 0 aromatic heterocycles. The maximum Gasteiger partial charge on any atom is 0.239 e. The minimum absolute atomic E-state index is 0.0166. The van der Waals surface area contributed by atoms with Gasteiger partial charge in [0.2, 0.25) is 5.91 Å². The highest BCUT2D eigenvalue weighted by molar-refractivity contribution is 6.31. The minimum atomic E-state index is -0.437. The van der Waals surface area contributed by atoms with E-state index in [-0.39, 0.29) is 17.6 Å². The van der Waals surface area contributed by atoms with Crippen molar-refractivity contribution < 1.29 is 9.18 Å². The minimum Gasteiger partial charge on any atom is -0.339 e. The molecule has 1 aromatic carbocycles. The van der Waals surface area contributed by atoms with Crippen LogP contribution < -0.4 is 5.73 Å². The topological polar surface area (TPSA) is 49.6 Å². The Hall–Kier alpha value is -1.17. The highest BCUT2D eigenvalue weighted by Crippen LogP contribution is 2.21. The van der Waals surface area contributed by atoms with E-state index >= 15 is 0 Å². The smallest absolute Gasteiger partial charge is 0.239 e. The average Bonchev–Trinajstić information content (AvgIpc) is 2.57. The van der Waals surface area contributed by atoms with Crippen LogP contribution in [0.5, 0.6) is 0 Å². The number of carbonyl (C=O) groups is 1. The van der Waals surface area contributed by atoms with Crippen LogP contribution in [0.4, 0.5) is 4.39 Å². The van der Waals surface area contributed by atoms with Gasteiger partial charge in [-0.2, -0.15) is 0 Å². The highest BCUT2D eigenvalue weighted by Gasteiger charge is 2.28. The van der Waals surface area contributed by atoms with Crippen LogP contribution in [0.1, 0.15) is 25.8 Å². The number of hydrogen-bond donors (Lipinski definition) is 1. The Morgan fingerprint density at radius 2 is 2.00 bits per heavy atom. The summed E-state index contributed by atoms with van der Waals surface area (Å²) in [7, 11) is 0. The number of nitrogens with zero attached hydrogens (tertiary/aromatic N) is 2. The van der Waals surface area contributed by atoms with Crippen molar-refractivity contribution in [2.24, 2.45) is 11.7 Å². The number of carbonyl (C=O) groups excluding carboxylic acids is 1. The zero-order chi connectivity index (χ0) is 17.0. The van der Waals surface area contributed by atoms with E-state index in [1.807, 2.05) is 18.7 Å². The van der Waals surface area contributed by atoms with E-state index in [0.717, 1.165) is 6.42 Å². The Morgan fingerprint density at radius 1 is 1.35 bits per heavy atom. The van der Waals surface area contributed by atoms with Crippen molar-refractivity contribution in [3.63, 3.8) is 0 Å². The normalized spacial score (nSPS) is 18.7. The Morgan fingerprint density at radius 3 is 2.57 bits per heavy atom. The summed E-state index contributed by atoms with van der Waals surface area (Å²) >= 11 is 6.07. The van der Waals surface area contributed by atoms with E-state index in [9.17, 15) is 9.18 Å². The van der Waals surface area contributed by atoms with Gasteiger partial charge < -0.3 is 10.6 Å². The lowest BCUT2D eigenvalue weighted by Crippen LogP contribution is -2.54. The van der Waals surface area contributed by atoms with E-state index in [4.69, 9.17) is 17.3 Å². The lowest BCUT2D eigenvalue weighted by atomic mass is 9.98. The van der Waals surface area contributed by atoms with Crippen LogP contribution in [0.3, 0.4) is 0 Å². The second-order valence-corrected chi connectivity index (χ2v) is 6.62. The summed E-state index contributed by atoms with van der Waals surface area (Å²) in [6.45, 7) is 7.13. The van der Waals surface area contributed by atoms with Gasteiger partial charge in [-0.1, -0.05) is 37.9 Å². The molecule has 1 amide bonds. The predicted octanol–water partition coefficient (Wildman–Crippen LogP) is 2.50. The van der Waals surface area contributed by atoms with Gasteiger partial charge in [-0.3, -0.25) is 9.69 Å².